The molecule has 0 aromatic heterocycles. The van der Waals surface area contributed by atoms with Gasteiger partial charge in [-0.15, -0.1) is 0 Å². The largest absolute Gasteiger partial charge is 0.376 e. The van der Waals surface area contributed by atoms with Crippen molar-refractivity contribution in [2.75, 3.05) is 13.2 Å². The van der Waals surface area contributed by atoms with Gasteiger partial charge < -0.3 is 9.47 Å². The number of rotatable bonds is 7. The molecule has 1 aliphatic heterocycles. The first-order valence-electron chi connectivity index (χ1n) is 6.11. The molecule has 2 unspecified atom stereocenters. The van der Waals surface area contributed by atoms with Gasteiger partial charge in [0.25, 0.3) is 0 Å². The molecule has 1 fully saturated rings. The fourth-order valence-corrected chi connectivity index (χ4v) is 1.94. The van der Waals surface area contributed by atoms with E-state index in [0.29, 0.717) is 12.2 Å². The van der Waals surface area contributed by atoms with Crippen LogP contribution in [-0.2, 0) is 9.47 Å². The molecule has 2 nitrogen and oxygen atoms in total. The predicted octanol–water partition coefficient (Wildman–Crippen LogP) is 3.15. The van der Waals surface area contributed by atoms with Gasteiger partial charge in [-0.3, -0.25) is 0 Å². The fraction of sp³-hybridized carbons (Fsp3) is 1.00. The van der Waals surface area contributed by atoms with E-state index in [1.165, 1.54) is 32.1 Å². The van der Waals surface area contributed by atoms with E-state index < -0.39 is 0 Å². The molecule has 0 aromatic rings. The van der Waals surface area contributed by atoms with Crippen LogP contribution in [0.5, 0.6) is 0 Å². The molecule has 1 rings (SSSR count). The molecule has 1 aliphatic rings. The normalized spacial score (nSPS) is 24.0. The quantitative estimate of drug-likeness (QED) is 0.588. The highest BCUT2D eigenvalue weighted by atomic mass is 16.5. The summed E-state index contributed by atoms with van der Waals surface area (Å²) in [6.45, 7) is 6.25. The maximum atomic E-state index is 5.88. The van der Waals surface area contributed by atoms with Crippen molar-refractivity contribution in [2.45, 2.75) is 64.6 Å². The Morgan fingerprint density at radius 1 is 1.36 bits per heavy atom. The Morgan fingerprint density at radius 3 is 2.79 bits per heavy atom. The summed E-state index contributed by atoms with van der Waals surface area (Å²) in [5.41, 5.74) is 0. The minimum absolute atomic E-state index is 0.356. The van der Waals surface area contributed by atoms with Gasteiger partial charge in [-0.25, -0.2) is 0 Å². The van der Waals surface area contributed by atoms with Crippen molar-refractivity contribution in [3.63, 3.8) is 0 Å². The molecule has 0 spiro atoms. The van der Waals surface area contributed by atoms with Crippen molar-refractivity contribution in [2.24, 2.45) is 0 Å². The molecular weight excluding hydrogens is 176 g/mol. The molecule has 2 heteroatoms. The second kappa shape index (κ2) is 7.24. The van der Waals surface area contributed by atoms with E-state index >= 15 is 0 Å². The fourth-order valence-electron chi connectivity index (χ4n) is 1.94. The smallest absolute Gasteiger partial charge is 0.0837 e. The van der Waals surface area contributed by atoms with Crippen LogP contribution >= 0.6 is 0 Å². The van der Waals surface area contributed by atoms with Crippen LogP contribution in [0, 0.1) is 0 Å². The molecule has 14 heavy (non-hydrogen) atoms. The van der Waals surface area contributed by atoms with Crippen LogP contribution in [0.3, 0.4) is 0 Å². The lowest BCUT2D eigenvalue weighted by Crippen LogP contribution is -2.28. The Labute approximate surface area is 88.0 Å². The third-order valence-corrected chi connectivity index (χ3v) is 2.78. The Kier molecular flexibility index (Phi) is 6.20. The summed E-state index contributed by atoms with van der Waals surface area (Å²) >= 11 is 0. The molecule has 0 amide bonds. The Bertz CT molecular complexity index is 130. The van der Waals surface area contributed by atoms with Gasteiger partial charge in [-0.1, -0.05) is 26.7 Å². The molecule has 0 bridgehead atoms. The second-order valence-corrected chi connectivity index (χ2v) is 4.10. The van der Waals surface area contributed by atoms with Crippen LogP contribution in [0.25, 0.3) is 0 Å². The predicted molar refractivity (Wildman–Crippen MR) is 58.5 cm³/mol. The molecule has 0 aromatic carbocycles. The Hall–Kier alpha value is -0.0800. The number of hydrogen-bond acceptors (Lipinski definition) is 2. The van der Waals surface area contributed by atoms with Gasteiger partial charge in [0, 0.05) is 13.2 Å². The lowest BCUT2D eigenvalue weighted by atomic mass is 10.1. The van der Waals surface area contributed by atoms with E-state index in [-0.39, 0.29) is 0 Å². The van der Waals surface area contributed by atoms with E-state index in [1.54, 1.807) is 0 Å². The molecule has 1 saturated heterocycles. The maximum absolute atomic E-state index is 5.88. The maximum Gasteiger partial charge on any atom is 0.0837 e. The number of ether oxygens (including phenoxy) is 2. The van der Waals surface area contributed by atoms with Crippen molar-refractivity contribution in [1.82, 2.24) is 0 Å². The average molecular weight is 200 g/mol. The van der Waals surface area contributed by atoms with Gasteiger partial charge in [-0.2, -0.15) is 0 Å². The van der Waals surface area contributed by atoms with Crippen molar-refractivity contribution < 1.29 is 9.47 Å². The van der Waals surface area contributed by atoms with E-state index in [2.05, 4.69) is 13.8 Å². The lowest BCUT2D eigenvalue weighted by molar-refractivity contribution is -0.0529. The number of unbranched alkanes of at least 4 members (excludes halogenated alkanes) is 1. The van der Waals surface area contributed by atoms with Crippen LogP contribution in [0.4, 0.5) is 0 Å². The summed E-state index contributed by atoms with van der Waals surface area (Å²) in [6, 6.07) is 0. The average Bonchev–Trinajstić information content (AvgIpc) is 2.70. The third-order valence-electron chi connectivity index (χ3n) is 2.78. The molecule has 1 heterocycles. The van der Waals surface area contributed by atoms with Crippen molar-refractivity contribution >= 4 is 0 Å². The standard InChI is InChI=1S/C12H24O2/c1-3-5-9-13-11(7-4-2)12-8-6-10-14-12/h11-12H,3-10H2,1-2H3. The Balaban J connectivity index is 2.22. The summed E-state index contributed by atoms with van der Waals surface area (Å²) in [7, 11) is 0. The van der Waals surface area contributed by atoms with Gasteiger partial charge in [0.2, 0.25) is 0 Å². The summed E-state index contributed by atoms with van der Waals surface area (Å²) < 4.78 is 11.6. The first kappa shape index (κ1) is 12.0. The highest BCUT2D eigenvalue weighted by Crippen LogP contribution is 2.21. The molecule has 0 saturated carbocycles. The van der Waals surface area contributed by atoms with Gasteiger partial charge in [0.15, 0.2) is 0 Å². The molecular formula is C12H24O2. The van der Waals surface area contributed by atoms with Crippen molar-refractivity contribution in [3.8, 4) is 0 Å². The zero-order chi connectivity index (χ0) is 10.2. The molecule has 2 atom stereocenters. The highest BCUT2D eigenvalue weighted by molar-refractivity contribution is 4.74. The first-order valence-corrected chi connectivity index (χ1v) is 6.11. The van der Waals surface area contributed by atoms with Crippen molar-refractivity contribution in [3.05, 3.63) is 0 Å². The molecule has 0 radical (unpaired) electrons. The van der Waals surface area contributed by atoms with E-state index in [0.717, 1.165) is 19.6 Å². The topological polar surface area (TPSA) is 18.5 Å². The molecule has 0 N–H and O–H groups in total. The SMILES string of the molecule is CCCCOC(CCC)C1CCCO1. The van der Waals surface area contributed by atoms with E-state index in [1.807, 2.05) is 0 Å². The van der Waals surface area contributed by atoms with Crippen LogP contribution in [0.2, 0.25) is 0 Å². The Morgan fingerprint density at radius 2 is 2.21 bits per heavy atom. The minimum atomic E-state index is 0.356. The van der Waals surface area contributed by atoms with Crippen LogP contribution in [-0.4, -0.2) is 25.4 Å². The van der Waals surface area contributed by atoms with Crippen molar-refractivity contribution in [1.29, 1.82) is 0 Å². The highest BCUT2D eigenvalue weighted by Gasteiger charge is 2.25. The van der Waals surface area contributed by atoms with E-state index in [9.17, 15) is 0 Å². The molecule has 84 valence electrons. The van der Waals surface area contributed by atoms with Crippen LogP contribution in [0.1, 0.15) is 52.4 Å². The monoisotopic (exact) mass is 200 g/mol. The second-order valence-electron chi connectivity index (χ2n) is 4.10. The van der Waals surface area contributed by atoms with Gasteiger partial charge in [0.1, 0.15) is 0 Å². The zero-order valence-corrected chi connectivity index (χ0v) is 9.63. The summed E-state index contributed by atoms with van der Waals surface area (Å²) in [5.74, 6) is 0. The van der Waals surface area contributed by atoms with Gasteiger partial charge in [-0.05, 0) is 25.7 Å². The van der Waals surface area contributed by atoms with Gasteiger partial charge in [0.05, 0.1) is 12.2 Å². The van der Waals surface area contributed by atoms with E-state index in [4.69, 9.17) is 9.47 Å². The third kappa shape index (κ3) is 3.97. The van der Waals surface area contributed by atoms with Gasteiger partial charge >= 0.3 is 0 Å². The molecule has 0 aliphatic carbocycles. The number of hydrogen-bond donors (Lipinski definition) is 0. The zero-order valence-electron chi connectivity index (χ0n) is 9.63. The summed E-state index contributed by atoms with van der Waals surface area (Å²) in [5, 5.41) is 0. The van der Waals surface area contributed by atoms with Crippen LogP contribution < -0.4 is 0 Å². The summed E-state index contributed by atoms with van der Waals surface area (Å²) in [6.07, 6.45) is 7.86. The lowest BCUT2D eigenvalue weighted by Gasteiger charge is -2.22. The van der Waals surface area contributed by atoms with Crippen LogP contribution in [0.15, 0.2) is 0 Å². The first-order chi connectivity index (χ1) is 6.88. The minimum Gasteiger partial charge on any atom is -0.376 e. The summed E-state index contributed by atoms with van der Waals surface area (Å²) in [4.78, 5) is 0.